The summed E-state index contributed by atoms with van der Waals surface area (Å²) in [6.45, 7) is 3.60. The van der Waals surface area contributed by atoms with Crippen LogP contribution in [0.25, 0.3) is 0 Å². The molecule has 1 saturated carbocycles. The standard InChI is InChI=1S/C9H11NO2/c1-3-4-9-5-6(9)7(11)10(2)8(9)12/h3,6H,1,4-5H2,2H3. The molecule has 3 heteroatoms. The number of nitrogens with zero attached hydrogens (tertiary/aromatic N) is 1. The summed E-state index contributed by atoms with van der Waals surface area (Å²) in [7, 11) is 1.56. The summed E-state index contributed by atoms with van der Waals surface area (Å²) in [4.78, 5) is 24.1. The number of amides is 2. The highest BCUT2D eigenvalue weighted by atomic mass is 16.2. The van der Waals surface area contributed by atoms with Gasteiger partial charge in [0.2, 0.25) is 11.8 Å². The van der Waals surface area contributed by atoms with Gasteiger partial charge < -0.3 is 0 Å². The lowest BCUT2D eigenvalue weighted by Crippen LogP contribution is -2.30. The van der Waals surface area contributed by atoms with Crippen molar-refractivity contribution < 1.29 is 9.59 Å². The number of hydrogen-bond donors (Lipinski definition) is 0. The van der Waals surface area contributed by atoms with Gasteiger partial charge in [-0.2, -0.15) is 0 Å². The minimum Gasteiger partial charge on any atom is -0.285 e. The molecule has 1 saturated heterocycles. The number of allylic oxidation sites excluding steroid dienone is 1. The number of likely N-dealkylation sites (tertiary alicyclic amines) is 1. The van der Waals surface area contributed by atoms with Crippen LogP contribution in [-0.4, -0.2) is 23.8 Å². The molecule has 0 radical (unpaired) electrons. The van der Waals surface area contributed by atoms with Crippen LogP contribution in [0, 0.1) is 11.3 Å². The monoisotopic (exact) mass is 165 g/mol. The fourth-order valence-corrected chi connectivity index (χ4v) is 2.10. The van der Waals surface area contributed by atoms with Gasteiger partial charge in [0.15, 0.2) is 0 Å². The first-order valence-electron chi connectivity index (χ1n) is 4.06. The van der Waals surface area contributed by atoms with Gasteiger partial charge in [0, 0.05) is 7.05 Å². The smallest absolute Gasteiger partial charge is 0.236 e. The molecule has 0 bridgehead atoms. The molecule has 2 aliphatic rings. The fourth-order valence-electron chi connectivity index (χ4n) is 2.10. The van der Waals surface area contributed by atoms with E-state index in [1.165, 1.54) is 4.90 Å². The van der Waals surface area contributed by atoms with Crippen molar-refractivity contribution in [2.75, 3.05) is 7.05 Å². The van der Waals surface area contributed by atoms with Gasteiger partial charge in [-0.25, -0.2) is 0 Å². The third-order valence-electron chi connectivity index (χ3n) is 2.94. The van der Waals surface area contributed by atoms with E-state index in [4.69, 9.17) is 0 Å². The highest BCUT2D eigenvalue weighted by molar-refractivity contribution is 6.11. The van der Waals surface area contributed by atoms with Crippen LogP contribution >= 0.6 is 0 Å². The Morgan fingerprint density at radius 1 is 1.75 bits per heavy atom. The zero-order valence-electron chi connectivity index (χ0n) is 7.04. The van der Waals surface area contributed by atoms with E-state index >= 15 is 0 Å². The molecule has 2 rings (SSSR count). The topological polar surface area (TPSA) is 37.4 Å². The van der Waals surface area contributed by atoms with Crippen molar-refractivity contribution in [3.8, 4) is 0 Å². The van der Waals surface area contributed by atoms with Gasteiger partial charge >= 0.3 is 0 Å². The molecule has 2 atom stereocenters. The molecule has 1 aliphatic heterocycles. The number of imide groups is 1. The quantitative estimate of drug-likeness (QED) is 0.443. The Bertz CT molecular complexity index is 284. The summed E-state index contributed by atoms with van der Waals surface area (Å²) < 4.78 is 0. The van der Waals surface area contributed by atoms with Crippen LogP contribution in [0.4, 0.5) is 0 Å². The van der Waals surface area contributed by atoms with E-state index in [0.29, 0.717) is 6.42 Å². The highest BCUT2D eigenvalue weighted by Gasteiger charge is 2.69. The minimum atomic E-state index is -0.367. The first-order valence-corrected chi connectivity index (χ1v) is 4.06. The molecular weight excluding hydrogens is 154 g/mol. The van der Waals surface area contributed by atoms with Gasteiger partial charge in [-0.3, -0.25) is 14.5 Å². The van der Waals surface area contributed by atoms with E-state index in [1.807, 2.05) is 0 Å². The minimum absolute atomic E-state index is 0.0122. The van der Waals surface area contributed by atoms with Crippen molar-refractivity contribution >= 4 is 11.8 Å². The average molecular weight is 165 g/mol. The lowest BCUT2D eigenvalue weighted by molar-refractivity contribution is -0.140. The van der Waals surface area contributed by atoms with E-state index in [9.17, 15) is 9.59 Å². The summed E-state index contributed by atoms with van der Waals surface area (Å²) in [5.41, 5.74) is -0.367. The summed E-state index contributed by atoms with van der Waals surface area (Å²) in [5, 5.41) is 0. The van der Waals surface area contributed by atoms with Gasteiger partial charge in [0.05, 0.1) is 11.3 Å². The maximum atomic E-state index is 11.5. The van der Waals surface area contributed by atoms with Gasteiger partial charge in [-0.05, 0) is 12.8 Å². The molecule has 0 aromatic rings. The molecular formula is C9H11NO2. The SMILES string of the molecule is C=CCC12CC1C(=O)N(C)C2=O. The third kappa shape index (κ3) is 0.618. The molecule has 2 unspecified atom stereocenters. The van der Waals surface area contributed by atoms with E-state index in [2.05, 4.69) is 6.58 Å². The summed E-state index contributed by atoms with van der Waals surface area (Å²) in [6, 6.07) is 0. The lowest BCUT2D eigenvalue weighted by Gasteiger charge is -2.12. The van der Waals surface area contributed by atoms with Crippen LogP contribution in [-0.2, 0) is 9.59 Å². The Morgan fingerprint density at radius 2 is 2.42 bits per heavy atom. The first-order chi connectivity index (χ1) is 5.63. The number of piperidine rings is 1. The summed E-state index contributed by atoms with van der Waals surface area (Å²) in [5.74, 6) is -0.0627. The van der Waals surface area contributed by atoms with Crippen molar-refractivity contribution in [1.82, 2.24) is 4.90 Å². The maximum Gasteiger partial charge on any atom is 0.236 e. The number of rotatable bonds is 2. The number of carbonyl (C=O) groups excluding carboxylic acids is 2. The normalized spacial score (nSPS) is 38.4. The zero-order chi connectivity index (χ0) is 8.93. The molecule has 12 heavy (non-hydrogen) atoms. The average Bonchev–Trinajstić information content (AvgIpc) is 2.73. The number of hydrogen-bond acceptors (Lipinski definition) is 2. The second-order valence-electron chi connectivity index (χ2n) is 3.61. The summed E-state index contributed by atoms with van der Waals surface area (Å²) >= 11 is 0. The predicted octanol–water partition coefficient (Wildman–Crippen LogP) is 0.567. The van der Waals surface area contributed by atoms with E-state index in [-0.39, 0.29) is 23.1 Å². The van der Waals surface area contributed by atoms with Crippen LogP contribution in [0.1, 0.15) is 12.8 Å². The predicted molar refractivity (Wildman–Crippen MR) is 43.1 cm³/mol. The number of carbonyl (C=O) groups is 2. The summed E-state index contributed by atoms with van der Waals surface area (Å²) in [6.07, 6.45) is 3.11. The van der Waals surface area contributed by atoms with Crippen molar-refractivity contribution in [2.24, 2.45) is 11.3 Å². The van der Waals surface area contributed by atoms with Crippen LogP contribution in [0.2, 0.25) is 0 Å². The van der Waals surface area contributed by atoms with Gasteiger partial charge in [-0.1, -0.05) is 6.08 Å². The van der Waals surface area contributed by atoms with Crippen LogP contribution in [0.5, 0.6) is 0 Å². The van der Waals surface area contributed by atoms with E-state index < -0.39 is 0 Å². The second kappa shape index (κ2) is 1.97. The first kappa shape index (κ1) is 7.53. The van der Waals surface area contributed by atoms with E-state index in [1.54, 1.807) is 13.1 Å². The highest BCUT2D eigenvalue weighted by Crippen LogP contribution is 2.61. The Labute approximate surface area is 71.0 Å². The van der Waals surface area contributed by atoms with Gasteiger partial charge in [-0.15, -0.1) is 6.58 Å². The van der Waals surface area contributed by atoms with Crippen LogP contribution < -0.4 is 0 Å². The molecule has 0 N–H and O–H groups in total. The van der Waals surface area contributed by atoms with Gasteiger partial charge in [0.25, 0.3) is 0 Å². The molecule has 0 aromatic heterocycles. The van der Waals surface area contributed by atoms with Crippen LogP contribution in [0.15, 0.2) is 12.7 Å². The fraction of sp³-hybridized carbons (Fsp3) is 0.556. The number of fused-ring (bicyclic) bond motifs is 1. The molecule has 64 valence electrons. The van der Waals surface area contributed by atoms with Crippen molar-refractivity contribution in [2.45, 2.75) is 12.8 Å². The molecule has 3 nitrogen and oxygen atoms in total. The van der Waals surface area contributed by atoms with Crippen molar-refractivity contribution in [3.63, 3.8) is 0 Å². The second-order valence-corrected chi connectivity index (χ2v) is 3.61. The molecule has 2 amide bonds. The maximum absolute atomic E-state index is 11.5. The molecule has 0 spiro atoms. The molecule has 1 heterocycles. The molecule has 2 fully saturated rings. The Kier molecular flexibility index (Phi) is 1.24. The zero-order valence-corrected chi connectivity index (χ0v) is 7.04. The van der Waals surface area contributed by atoms with E-state index in [0.717, 1.165) is 6.42 Å². The Balaban J connectivity index is 2.29. The van der Waals surface area contributed by atoms with Crippen molar-refractivity contribution in [1.29, 1.82) is 0 Å². The lowest BCUT2D eigenvalue weighted by atomic mass is 10.0. The Morgan fingerprint density at radius 3 is 2.83 bits per heavy atom. The molecule has 0 aromatic carbocycles. The van der Waals surface area contributed by atoms with Crippen molar-refractivity contribution in [3.05, 3.63) is 12.7 Å². The largest absolute Gasteiger partial charge is 0.285 e. The van der Waals surface area contributed by atoms with Gasteiger partial charge in [0.1, 0.15) is 0 Å². The molecule has 1 aliphatic carbocycles. The Hall–Kier alpha value is -1.12. The van der Waals surface area contributed by atoms with Crippen LogP contribution in [0.3, 0.4) is 0 Å². The third-order valence-corrected chi connectivity index (χ3v) is 2.94.